The number of amides is 1. The Morgan fingerprint density at radius 2 is 2.05 bits per heavy atom. The smallest absolute Gasteiger partial charge is 0.329 e. The lowest BCUT2D eigenvalue weighted by Gasteiger charge is -2.34. The van der Waals surface area contributed by atoms with Gasteiger partial charge in [0.2, 0.25) is 11.8 Å². The lowest BCUT2D eigenvalue weighted by atomic mass is 10.0. The molecule has 0 saturated heterocycles. The molecule has 0 bridgehead atoms. The van der Waals surface area contributed by atoms with Crippen LogP contribution in [0, 0.1) is 6.92 Å². The van der Waals surface area contributed by atoms with E-state index in [4.69, 9.17) is 9.63 Å². The molecule has 7 heteroatoms. The van der Waals surface area contributed by atoms with Crippen molar-refractivity contribution in [3.8, 4) is 0 Å². The first kappa shape index (κ1) is 15.1. The van der Waals surface area contributed by atoms with E-state index < -0.39 is 11.5 Å². The molecule has 1 N–H and O–H groups in total. The first-order valence-corrected chi connectivity index (χ1v) is 6.12. The summed E-state index contributed by atoms with van der Waals surface area (Å²) in [6, 6.07) is 0. The molecular weight excluding hydrogens is 250 g/mol. The molecule has 0 radical (unpaired) electrons. The van der Waals surface area contributed by atoms with E-state index >= 15 is 0 Å². The molecule has 0 aliphatic carbocycles. The highest BCUT2D eigenvalue weighted by Gasteiger charge is 2.36. The molecule has 0 fully saturated rings. The number of carbonyl (C=O) groups is 2. The molecule has 0 unspecified atom stereocenters. The molecule has 1 aromatic rings. The number of aromatic nitrogens is 2. The molecule has 0 saturated carbocycles. The molecular formula is C12H19N3O4. The minimum absolute atomic E-state index is 0.145. The van der Waals surface area contributed by atoms with Crippen LogP contribution in [0.25, 0.3) is 0 Å². The molecule has 0 spiro atoms. The molecule has 19 heavy (non-hydrogen) atoms. The van der Waals surface area contributed by atoms with Gasteiger partial charge in [-0.15, -0.1) is 0 Å². The number of aliphatic carboxylic acids is 1. The number of rotatable bonds is 6. The summed E-state index contributed by atoms with van der Waals surface area (Å²) in [6.45, 7) is 6.79. The second-order valence-electron chi connectivity index (χ2n) is 4.74. The Hall–Kier alpha value is -1.92. The van der Waals surface area contributed by atoms with Crippen LogP contribution in [0.2, 0.25) is 0 Å². The number of hydrogen-bond acceptors (Lipinski definition) is 5. The predicted octanol–water partition coefficient (Wildman–Crippen LogP) is 1.02. The van der Waals surface area contributed by atoms with Gasteiger partial charge in [-0.3, -0.25) is 4.79 Å². The fourth-order valence-electron chi connectivity index (χ4n) is 1.79. The maximum Gasteiger partial charge on any atom is 0.329 e. The third-order valence-corrected chi connectivity index (χ3v) is 2.94. The zero-order valence-corrected chi connectivity index (χ0v) is 11.6. The maximum absolute atomic E-state index is 12.1. The van der Waals surface area contributed by atoms with Gasteiger partial charge in [0, 0.05) is 19.4 Å². The van der Waals surface area contributed by atoms with Crippen LogP contribution in [0.3, 0.4) is 0 Å². The Labute approximate surface area is 111 Å². The second kappa shape index (κ2) is 5.81. The number of aryl methyl sites for hydroxylation is 2. The van der Waals surface area contributed by atoms with Crippen molar-refractivity contribution >= 4 is 11.9 Å². The third-order valence-electron chi connectivity index (χ3n) is 2.94. The minimum Gasteiger partial charge on any atom is -0.480 e. The summed E-state index contributed by atoms with van der Waals surface area (Å²) in [5.74, 6) is -0.377. The maximum atomic E-state index is 12.1. The summed E-state index contributed by atoms with van der Waals surface area (Å²) in [6.07, 6.45) is 0.456. The van der Waals surface area contributed by atoms with Gasteiger partial charge in [-0.2, -0.15) is 4.98 Å². The van der Waals surface area contributed by atoms with Crippen LogP contribution < -0.4 is 0 Å². The van der Waals surface area contributed by atoms with Gasteiger partial charge < -0.3 is 14.5 Å². The van der Waals surface area contributed by atoms with Gasteiger partial charge >= 0.3 is 5.97 Å². The number of likely N-dealkylation sites (N-methyl/N-ethyl adjacent to an activating group) is 1. The Balaban J connectivity index is 2.67. The molecule has 0 aliphatic rings. The summed E-state index contributed by atoms with van der Waals surface area (Å²) in [7, 11) is 0. The van der Waals surface area contributed by atoms with Crippen molar-refractivity contribution in [3.05, 3.63) is 11.7 Å². The van der Waals surface area contributed by atoms with Crippen molar-refractivity contribution in [2.75, 3.05) is 6.54 Å². The highest BCUT2D eigenvalue weighted by molar-refractivity contribution is 5.86. The van der Waals surface area contributed by atoms with E-state index in [-0.39, 0.29) is 12.3 Å². The Kier molecular flexibility index (Phi) is 4.63. The van der Waals surface area contributed by atoms with Crippen molar-refractivity contribution in [1.29, 1.82) is 0 Å². The molecule has 1 rings (SSSR count). The summed E-state index contributed by atoms with van der Waals surface area (Å²) in [4.78, 5) is 28.6. The minimum atomic E-state index is -1.23. The Bertz CT molecular complexity index is 467. The number of hydrogen-bond donors (Lipinski definition) is 1. The normalized spacial score (nSPS) is 11.4. The molecule has 0 aliphatic heterocycles. The Morgan fingerprint density at radius 1 is 1.42 bits per heavy atom. The number of carboxylic acid groups (broad SMARTS) is 1. The van der Waals surface area contributed by atoms with E-state index in [1.54, 1.807) is 13.8 Å². The molecule has 1 heterocycles. The molecule has 0 atom stereocenters. The van der Waals surface area contributed by atoms with Gasteiger partial charge in [0.05, 0.1) is 0 Å². The molecule has 106 valence electrons. The fraction of sp³-hybridized carbons (Fsp3) is 0.667. The average Bonchev–Trinajstić information content (AvgIpc) is 2.73. The number of nitrogens with zero attached hydrogens (tertiary/aromatic N) is 3. The fourth-order valence-corrected chi connectivity index (χ4v) is 1.79. The molecule has 1 aromatic heterocycles. The Morgan fingerprint density at radius 3 is 2.47 bits per heavy atom. The largest absolute Gasteiger partial charge is 0.480 e. The van der Waals surface area contributed by atoms with E-state index in [0.717, 1.165) is 0 Å². The van der Waals surface area contributed by atoms with Crippen molar-refractivity contribution in [2.24, 2.45) is 0 Å². The van der Waals surface area contributed by atoms with E-state index in [1.165, 1.54) is 18.7 Å². The van der Waals surface area contributed by atoms with Crippen LogP contribution in [0.4, 0.5) is 0 Å². The molecule has 1 amide bonds. The number of carboxylic acids is 1. The highest BCUT2D eigenvalue weighted by atomic mass is 16.5. The van der Waals surface area contributed by atoms with E-state index in [2.05, 4.69) is 10.1 Å². The van der Waals surface area contributed by atoms with Gasteiger partial charge in [0.25, 0.3) is 0 Å². The first-order chi connectivity index (χ1) is 8.78. The standard InChI is InChI=1S/C12H19N3O4/c1-5-15(12(3,4)11(17)18)10(16)7-6-9-13-8(2)14-19-9/h5-7H2,1-4H3,(H,17,18). The van der Waals surface area contributed by atoms with Crippen LogP contribution in [-0.4, -0.2) is 44.1 Å². The zero-order valence-electron chi connectivity index (χ0n) is 11.6. The van der Waals surface area contributed by atoms with Gasteiger partial charge in [-0.1, -0.05) is 5.16 Å². The number of carbonyl (C=O) groups excluding carboxylic acids is 1. The van der Waals surface area contributed by atoms with Crippen LogP contribution in [0.1, 0.15) is 38.9 Å². The van der Waals surface area contributed by atoms with E-state index in [0.29, 0.717) is 24.7 Å². The summed E-state index contributed by atoms with van der Waals surface area (Å²) in [5.41, 5.74) is -1.23. The third kappa shape index (κ3) is 3.52. The molecule has 7 nitrogen and oxygen atoms in total. The van der Waals surface area contributed by atoms with E-state index in [9.17, 15) is 9.59 Å². The van der Waals surface area contributed by atoms with Crippen LogP contribution in [0.5, 0.6) is 0 Å². The zero-order chi connectivity index (χ0) is 14.6. The first-order valence-electron chi connectivity index (χ1n) is 6.12. The SMILES string of the molecule is CCN(C(=O)CCc1nc(C)no1)C(C)(C)C(=O)O. The van der Waals surface area contributed by atoms with Crippen LogP contribution in [-0.2, 0) is 16.0 Å². The van der Waals surface area contributed by atoms with Crippen molar-refractivity contribution in [2.45, 2.75) is 46.1 Å². The monoisotopic (exact) mass is 269 g/mol. The van der Waals surface area contributed by atoms with Gasteiger partial charge in [-0.05, 0) is 27.7 Å². The van der Waals surface area contributed by atoms with Crippen LogP contribution in [0.15, 0.2) is 4.52 Å². The molecule has 0 aromatic carbocycles. The van der Waals surface area contributed by atoms with Gasteiger partial charge in [0.1, 0.15) is 5.54 Å². The van der Waals surface area contributed by atoms with Gasteiger partial charge in [-0.25, -0.2) is 4.79 Å². The lowest BCUT2D eigenvalue weighted by molar-refractivity contribution is -0.156. The van der Waals surface area contributed by atoms with Crippen LogP contribution >= 0.6 is 0 Å². The summed E-state index contributed by atoms with van der Waals surface area (Å²) >= 11 is 0. The summed E-state index contributed by atoms with van der Waals surface area (Å²) < 4.78 is 4.91. The van der Waals surface area contributed by atoms with Gasteiger partial charge in [0.15, 0.2) is 5.82 Å². The van der Waals surface area contributed by atoms with Crippen molar-refractivity contribution in [1.82, 2.24) is 15.0 Å². The second-order valence-corrected chi connectivity index (χ2v) is 4.74. The van der Waals surface area contributed by atoms with E-state index in [1.807, 2.05) is 0 Å². The average molecular weight is 269 g/mol. The van der Waals surface area contributed by atoms with Crippen molar-refractivity contribution in [3.63, 3.8) is 0 Å². The quantitative estimate of drug-likeness (QED) is 0.828. The lowest BCUT2D eigenvalue weighted by Crippen LogP contribution is -2.52. The summed E-state index contributed by atoms with van der Waals surface area (Å²) in [5, 5.41) is 12.8. The van der Waals surface area contributed by atoms with Crippen molar-refractivity contribution < 1.29 is 19.2 Å². The highest BCUT2D eigenvalue weighted by Crippen LogP contribution is 2.16. The topological polar surface area (TPSA) is 96.5 Å². The predicted molar refractivity (Wildman–Crippen MR) is 66.5 cm³/mol.